The van der Waals surface area contributed by atoms with Crippen molar-refractivity contribution in [1.29, 1.82) is 0 Å². The van der Waals surface area contributed by atoms with Gasteiger partial charge in [0.1, 0.15) is 5.01 Å². The lowest BCUT2D eigenvalue weighted by Gasteiger charge is -2.16. The summed E-state index contributed by atoms with van der Waals surface area (Å²) in [7, 11) is 1.53. The van der Waals surface area contributed by atoms with E-state index in [0.717, 1.165) is 16.3 Å². The largest absolute Gasteiger partial charge is 0.493 e. The van der Waals surface area contributed by atoms with Crippen molar-refractivity contribution < 1.29 is 19.0 Å². The van der Waals surface area contributed by atoms with Crippen LogP contribution in [0.15, 0.2) is 47.8 Å². The number of carbonyl (C=O) groups excluding carboxylic acids is 1. The fourth-order valence-corrected chi connectivity index (χ4v) is 3.70. The summed E-state index contributed by atoms with van der Waals surface area (Å²) in [5.74, 6) is 0.450. The molecule has 0 radical (unpaired) electrons. The maximum atomic E-state index is 12.6. The number of ether oxygens (including phenoxy) is 3. The van der Waals surface area contributed by atoms with Crippen molar-refractivity contribution in [3.8, 4) is 28.5 Å². The first-order valence-electron chi connectivity index (χ1n) is 8.83. The second-order valence-electron chi connectivity index (χ2n) is 6.78. The summed E-state index contributed by atoms with van der Waals surface area (Å²) in [5.41, 5.74) is 2.40. The van der Waals surface area contributed by atoms with E-state index in [1.807, 2.05) is 35.7 Å². The summed E-state index contributed by atoms with van der Waals surface area (Å²) in [6, 6.07) is 13.3. The number of aromatic nitrogens is 1. The number of fused-ring (bicyclic) bond motifs is 1. The van der Waals surface area contributed by atoms with Crippen LogP contribution < -0.4 is 19.5 Å². The predicted octanol–water partition coefficient (Wildman–Crippen LogP) is 4.26. The van der Waals surface area contributed by atoms with Crippen LogP contribution in [0.2, 0.25) is 0 Å². The van der Waals surface area contributed by atoms with Crippen LogP contribution in [-0.2, 0) is 6.54 Å². The summed E-state index contributed by atoms with van der Waals surface area (Å²) in [4.78, 5) is 17.2. The van der Waals surface area contributed by atoms with Gasteiger partial charge in [-0.3, -0.25) is 4.79 Å². The molecule has 0 saturated heterocycles. The second-order valence-corrected chi connectivity index (χ2v) is 7.73. The zero-order valence-corrected chi connectivity index (χ0v) is 16.6. The first kappa shape index (κ1) is 18.3. The third-order valence-electron chi connectivity index (χ3n) is 4.23. The molecule has 2 aromatic carbocycles. The molecular formula is C21H20N2O4S. The molecule has 3 aromatic rings. The van der Waals surface area contributed by atoms with E-state index in [-0.39, 0.29) is 5.91 Å². The lowest BCUT2D eigenvalue weighted by molar-refractivity contribution is -0.0439. The maximum absolute atomic E-state index is 12.6. The summed E-state index contributed by atoms with van der Waals surface area (Å²) >= 11 is 1.51. The minimum Gasteiger partial charge on any atom is -0.493 e. The number of carbonyl (C=O) groups is 1. The van der Waals surface area contributed by atoms with Crippen molar-refractivity contribution >= 4 is 17.2 Å². The Balaban J connectivity index is 1.47. The monoisotopic (exact) mass is 396 g/mol. The molecule has 1 aromatic heterocycles. The third-order valence-corrected chi connectivity index (χ3v) is 5.08. The normalized spacial score (nSPS) is 14.0. The number of amides is 1. The Hall–Kier alpha value is -3.06. The van der Waals surface area contributed by atoms with Crippen LogP contribution in [0, 0.1) is 0 Å². The molecule has 0 spiro atoms. The van der Waals surface area contributed by atoms with Gasteiger partial charge in [0.05, 0.1) is 19.3 Å². The van der Waals surface area contributed by atoms with E-state index in [0.29, 0.717) is 29.4 Å². The molecular weight excluding hydrogens is 376 g/mol. The summed E-state index contributed by atoms with van der Waals surface area (Å²) in [6.45, 7) is 3.95. The maximum Gasteiger partial charge on any atom is 0.251 e. The standard InChI is InChI=1S/C21H20N2O4S/c1-21(2)26-17-10-14(9-16(25-3)19(17)27-21)20(24)22-11-18-23-15(12-28-18)13-7-5-4-6-8-13/h4-10,12H,11H2,1-3H3,(H,22,24). The van der Waals surface area contributed by atoms with Crippen LogP contribution in [0.4, 0.5) is 0 Å². The number of hydrogen-bond donors (Lipinski definition) is 1. The molecule has 0 atom stereocenters. The highest BCUT2D eigenvalue weighted by molar-refractivity contribution is 7.09. The van der Waals surface area contributed by atoms with Gasteiger partial charge in [0.2, 0.25) is 11.5 Å². The Bertz CT molecular complexity index is 1010. The van der Waals surface area contributed by atoms with Crippen molar-refractivity contribution in [2.45, 2.75) is 26.2 Å². The van der Waals surface area contributed by atoms with Gasteiger partial charge in [-0.25, -0.2) is 4.98 Å². The number of nitrogens with zero attached hydrogens (tertiary/aromatic N) is 1. The van der Waals surface area contributed by atoms with Crippen LogP contribution in [0.25, 0.3) is 11.3 Å². The minimum absolute atomic E-state index is 0.231. The molecule has 0 unspecified atom stereocenters. The SMILES string of the molecule is COc1cc(C(=O)NCc2nc(-c3ccccc3)cs2)cc2c1OC(C)(C)O2. The van der Waals surface area contributed by atoms with Crippen molar-refractivity contribution in [3.05, 3.63) is 58.4 Å². The number of rotatable bonds is 5. The first-order chi connectivity index (χ1) is 13.4. The Labute approximate surface area is 167 Å². The summed E-state index contributed by atoms with van der Waals surface area (Å²) in [6.07, 6.45) is 0. The van der Waals surface area contributed by atoms with Gasteiger partial charge in [0.15, 0.2) is 11.5 Å². The minimum atomic E-state index is -0.792. The van der Waals surface area contributed by atoms with Crippen LogP contribution >= 0.6 is 11.3 Å². The molecule has 1 N–H and O–H groups in total. The van der Waals surface area contributed by atoms with Crippen molar-refractivity contribution in [1.82, 2.24) is 10.3 Å². The van der Waals surface area contributed by atoms with E-state index in [1.165, 1.54) is 18.4 Å². The molecule has 1 aliphatic heterocycles. The van der Waals surface area contributed by atoms with Gasteiger partial charge in [-0.2, -0.15) is 0 Å². The molecule has 6 nitrogen and oxygen atoms in total. The molecule has 0 bridgehead atoms. The first-order valence-corrected chi connectivity index (χ1v) is 9.71. The fourth-order valence-electron chi connectivity index (χ4n) is 2.96. The average Bonchev–Trinajstić information content (AvgIpc) is 3.28. The molecule has 4 rings (SSSR count). The second kappa shape index (κ2) is 7.16. The topological polar surface area (TPSA) is 69.7 Å². The van der Waals surface area contributed by atoms with Gasteiger partial charge in [-0.1, -0.05) is 30.3 Å². The van der Waals surface area contributed by atoms with Gasteiger partial charge in [0.25, 0.3) is 5.91 Å². The number of hydrogen-bond acceptors (Lipinski definition) is 6. The molecule has 28 heavy (non-hydrogen) atoms. The van der Waals surface area contributed by atoms with Gasteiger partial charge in [-0.05, 0) is 12.1 Å². The zero-order valence-electron chi connectivity index (χ0n) is 15.8. The van der Waals surface area contributed by atoms with E-state index < -0.39 is 5.79 Å². The molecule has 0 fully saturated rings. The highest BCUT2D eigenvalue weighted by Crippen LogP contribution is 2.46. The summed E-state index contributed by atoms with van der Waals surface area (Å²) in [5, 5.41) is 5.72. The van der Waals surface area contributed by atoms with Crippen molar-refractivity contribution in [2.75, 3.05) is 7.11 Å². The zero-order chi connectivity index (χ0) is 19.7. The smallest absolute Gasteiger partial charge is 0.251 e. The van der Waals surface area contributed by atoms with E-state index in [9.17, 15) is 4.79 Å². The average molecular weight is 396 g/mol. The molecule has 0 aliphatic carbocycles. The van der Waals surface area contributed by atoms with E-state index in [1.54, 1.807) is 26.0 Å². The Morgan fingerprint density at radius 2 is 2.00 bits per heavy atom. The van der Waals surface area contributed by atoms with Crippen LogP contribution in [-0.4, -0.2) is 23.8 Å². The fraction of sp³-hybridized carbons (Fsp3) is 0.238. The van der Waals surface area contributed by atoms with Gasteiger partial charge in [0, 0.05) is 30.4 Å². The Morgan fingerprint density at radius 3 is 2.75 bits per heavy atom. The highest BCUT2D eigenvalue weighted by Gasteiger charge is 2.35. The number of nitrogens with one attached hydrogen (secondary N) is 1. The number of methoxy groups -OCH3 is 1. The van der Waals surface area contributed by atoms with Gasteiger partial charge < -0.3 is 19.5 Å². The number of thiazole rings is 1. The highest BCUT2D eigenvalue weighted by atomic mass is 32.1. The molecule has 144 valence electrons. The van der Waals surface area contributed by atoms with E-state index in [4.69, 9.17) is 14.2 Å². The molecule has 0 saturated carbocycles. The van der Waals surface area contributed by atoms with Gasteiger partial charge in [-0.15, -0.1) is 11.3 Å². The number of benzene rings is 2. The van der Waals surface area contributed by atoms with Crippen LogP contribution in [0.1, 0.15) is 29.2 Å². The molecule has 2 heterocycles. The lowest BCUT2D eigenvalue weighted by atomic mass is 10.1. The Kier molecular flexibility index (Phi) is 4.68. The quantitative estimate of drug-likeness (QED) is 0.698. The lowest BCUT2D eigenvalue weighted by Crippen LogP contribution is -2.29. The third kappa shape index (κ3) is 3.66. The van der Waals surface area contributed by atoms with Crippen molar-refractivity contribution in [3.63, 3.8) is 0 Å². The molecule has 1 amide bonds. The predicted molar refractivity (Wildman–Crippen MR) is 107 cm³/mol. The molecule has 1 aliphatic rings. The molecule has 7 heteroatoms. The van der Waals surface area contributed by atoms with Crippen molar-refractivity contribution in [2.24, 2.45) is 0 Å². The summed E-state index contributed by atoms with van der Waals surface area (Å²) < 4.78 is 16.8. The Morgan fingerprint density at radius 1 is 1.21 bits per heavy atom. The van der Waals surface area contributed by atoms with Crippen LogP contribution in [0.3, 0.4) is 0 Å². The van der Waals surface area contributed by atoms with Crippen LogP contribution in [0.5, 0.6) is 17.2 Å². The van der Waals surface area contributed by atoms with E-state index >= 15 is 0 Å². The van der Waals surface area contributed by atoms with E-state index in [2.05, 4.69) is 10.3 Å². The van der Waals surface area contributed by atoms with Gasteiger partial charge >= 0.3 is 0 Å².